The molecule has 3 aromatic rings. The number of rotatable bonds is 4. The number of carbonyl (C=O) groups excluding carboxylic acids is 1. The Hall–Kier alpha value is -3.09. The Bertz CT molecular complexity index is 902. The number of tetrazole rings is 1. The standard InChI is InChI=1S/C19H20FN5O/c1-19(2,3)25-22-17(21-23-25)18(26)24(15-10-5-4-6-11-15)13-14-9-7-8-12-16(14)20/h4-12H,13H2,1-3H3. The lowest BCUT2D eigenvalue weighted by Crippen LogP contribution is -2.32. The van der Waals surface area contributed by atoms with Crippen LogP contribution in [-0.2, 0) is 12.1 Å². The third kappa shape index (κ3) is 3.77. The SMILES string of the molecule is CC(C)(C)n1nnc(C(=O)N(Cc2ccccc2F)c2ccccc2)n1. The highest BCUT2D eigenvalue weighted by molar-refractivity contribution is 6.03. The normalized spacial score (nSPS) is 11.4. The maximum Gasteiger partial charge on any atom is 0.300 e. The van der Waals surface area contributed by atoms with Gasteiger partial charge in [-0.05, 0) is 44.2 Å². The molecule has 0 unspecified atom stereocenters. The molecule has 1 amide bonds. The summed E-state index contributed by atoms with van der Waals surface area (Å²) in [4.78, 5) is 15.9. The van der Waals surface area contributed by atoms with E-state index in [9.17, 15) is 9.18 Å². The van der Waals surface area contributed by atoms with Crippen LogP contribution < -0.4 is 4.90 Å². The van der Waals surface area contributed by atoms with Crippen molar-refractivity contribution >= 4 is 11.6 Å². The van der Waals surface area contributed by atoms with Crippen LogP contribution >= 0.6 is 0 Å². The minimum Gasteiger partial charge on any atom is -0.301 e. The second-order valence-electron chi connectivity index (χ2n) is 6.89. The van der Waals surface area contributed by atoms with Gasteiger partial charge in [-0.25, -0.2) is 4.39 Å². The Morgan fingerprint density at radius 3 is 2.35 bits per heavy atom. The molecule has 2 aromatic carbocycles. The smallest absolute Gasteiger partial charge is 0.300 e. The fourth-order valence-corrected chi connectivity index (χ4v) is 2.39. The zero-order chi connectivity index (χ0) is 18.7. The van der Waals surface area contributed by atoms with Crippen molar-refractivity contribution in [3.05, 3.63) is 71.8 Å². The number of nitrogens with zero attached hydrogens (tertiary/aromatic N) is 5. The van der Waals surface area contributed by atoms with E-state index in [1.807, 2.05) is 39.0 Å². The molecule has 0 aliphatic heterocycles. The number of halogens is 1. The maximum absolute atomic E-state index is 14.1. The molecule has 134 valence electrons. The number of para-hydroxylation sites is 1. The minimum atomic E-state index is -0.435. The van der Waals surface area contributed by atoms with Gasteiger partial charge in [0.2, 0.25) is 0 Å². The molecule has 0 saturated carbocycles. The molecule has 1 aromatic heterocycles. The molecule has 0 aliphatic rings. The van der Waals surface area contributed by atoms with E-state index in [-0.39, 0.29) is 18.2 Å². The number of carbonyl (C=O) groups is 1. The molecule has 6 nitrogen and oxygen atoms in total. The summed E-state index contributed by atoms with van der Waals surface area (Å²) < 4.78 is 14.1. The number of anilines is 1. The van der Waals surface area contributed by atoms with E-state index < -0.39 is 11.4 Å². The topological polar surface area (TPSA) is 63.9 Å². The van der Waals surface area contributed by atoms with Gasteiger partial charge in [0, 0.05) is 11.3 Å². The van der Waals surface area contributed by atoms with Crippen molar-refractivity contribution in [1.82, 2.24) is 20.2 Å². The summed E-state index contributed by atoms with van der Waals surface area (Å²) in [7, 11) is 0. The highest BCUT2D eigenvalue weighted by Gasteiger charge is 2.26. The van der Waals surface area contributed by atoms with Crippen molar-refractivity contribution in [2.75, 3.05) is 4.90 Å². The number of aromatic nitrogens is 4. The summed E-state index contributed by atoms with van der Waals surface area (Å²) >= 11 is 0. The fraction of sp³-hybridized carbons (Fsp3) is 0.263. The van der Waals surface area contributed by atoms with Crippen molar-refractivity contribution in [3.63, 3.8) is 0 Å². The summed E-state index contributed by atoms with van der Waals surface area (Å²) in [5.74, 6) is -0.831. The molecular weight excluding hydrogens is 333 g/mol. The molecule has 7 heteroatoms. The zero-order valence-corrected chi connectivity index (χ0v) is 14.9. The zero-order valence-electron chi connectivity index (χ0n) is 14.9. The third-order valence-electron chi connectivity index (χ3n) is 3.80. The predicted molar refractivity (Wildman–Crippen MR) is 96.2 cm³/mol. The summed E-state index contributed by atoms with van der Waals surface area (Å²) in [6, 6.07) is 15.4. The van der Waals surface area contributed by atoms with Gasteiger partial charge in [0.25, 0.3) is 11.7 Å². The van der Waals surface area contributed by atoms with Crippen LogP contribution in [0.5, 0.6) is 0 Å². The van der Waals surface area contributed by atoms with Crippen LogP contribution in [0.1, 0.15) is 37.0 Å². The van der Waals surface area contributed by atoms with Gasteiger partial charge in [0.05, 0.1) is 12.1 Å². The van der Waals surface area contributed by atoms with Crippen molar-refractivity contribution < 1.29 is 9.18 Å². The first kappa shape index (κ1) is 17.7. The van der Waals surface area contributed by atoms with Crippen LogP contribution in [0.4, 0.5) is 10.1 Å². The second-order valence-corrected chi connectivity index (χ2v) is 6.89. The first-order valence-corrected chi connectivity index (χ1v) is 8.27. The van der Waals surface area contributed by atoms with E-state index in [1.165, 1.54) is 15.8 Å². The highest BCUT2D eigenvalue weighted by atomic mass is 19.1. The van der Waals surface area contributed by atoms with E-state index in [4.69, 9.17) is 0 Å². The average Bonchev–Trinajstić information content (AvgIpc) is 3.12. The lowest BCUT2D eigenvalue weighted by atomic mass is 10.1. The number of hydrogen-bond acceptors (Lipinski definition) is 4. The molecule has 0 fully saturated rings. The van der Waals surface area contributed by atoms with Gasteiger partial charge in [0.15, 0.2) is 0 Å². The summed E-state index contributed by atoms with van der Waals surface area (Å²) in [5.41, 5.74) is 0.648. The van der Waals surface area contributed by atoms with Crippen LogP contribution in [0, 0.1) is 5.82 Å². The van der Waals surface area contributed by atoms with E-state index in [1.54, 1.807) is 30.3 Å². The molecule has 1 heterocycles. The Labute approximate surface area is 151 Å². The molecule has 0 aliphatic carbocycles. The molecule has 26 heavy (non-hydrogen) atoms. The number of hydrogen-bond donors (Lipinski definition) is 0. The quantitative estimate of drug-likeness (QED) is 0.721. The molecular formula is C19H20FN5O. The molecule has 0 radical (unpaired) electrons. The summed E-state index contributed by atoms with van der Waals surface area (Å²) in [6.45, 7) is 5.81. The van der Waals surface area contributed by atoms with E-state index in [0.717, 1.165) is 0 Å². The van der Waals surface area contributed by atoms with Crippen LogP contribution in [-0.4, -0.2) is 26.1 Å². The van der Waals surface area contributed by atoms with E-state index >= 15 is 0 Å². The largest absolute Gasteiger partial charge is 0.301 e. The molecule has 0 spiro atoms. The number of benzene rings is 2. The first-order valence-electron chi connectivity index (χ1n) is 8.27. The average molecular weight is 353 g/mol. The maximum atomic E-state index is 14.1. The first-order chi connectivity index (χ1) is 12.4. The van der Waals surface area contributed by atoms with Gasteiger partial charge in [-0.15, -0.1) is 10.2 Å². The minimum absolute atomic E-state index is 0.0277. The highest BCUT2D eigenvalue weighted by Crippen LogP contribution is 2.20. The Kier molecular flexibility index (Phi) is 4.79. The van der Waals surface area contributed by atoms with Gasteiger partial charge in [-0.3, -0.25) is 4.79 Å². The van der Waals surface area contributed by atoms with Crippen molar-refractivity contribution in [2.45, 2.75) is 32.9 Å². The van der Waals surface area contributed by atoms with Gasteiger partial charge in [-0.1, -0.05) is 36.4 Å². The molecule has 0 bridgehead atoms. The van der Waals surface area contributed by atoms with Crippen molar-refractivity contribution in [2.24, 2.45) is 0 Å². The van der Waals surface area contributed by atoms with E-state index in [0.29, 0.717) is 11.3 Å². The Morgan fingerprint density at radius 2 is 1.73 bits per heavy atom. The second kappa shape index (κ2) is 7.03. The Balaban J connectivity index is 1.97. The number of amides is 1. The predicted octanol–water partition coefficient (Wildman–Crippen LogP) is 3.41. The molecule has 0 N–H and O–H groups in total. The summed E-state index contributed by atoms with van der Waals surface area (Å²) in [6.07, 6.45) is 0. The molecule has 0 atom stereocenters. The van der Waals surface area contributed by atoms with Gasteiger partial charge in [0.1, 0.15) is 5.82 Å². The van der Waals surface area contributed by atoms with Crippen molar-refractivity contribution in [1.29, 1.82) is 0 Å². The Morgan fingerprint density at radius 1 is 1.08 bits per heavy atom. The van der Waals surface area contributed by atoms with Crippen molar-refractivity contribution in [3.8, 4) is 0 Å². The molecule has 0 saturated heterocycles. The van der Waals surface area contributed by atoms with Crippen LogP contribution in [0.25, 0.3) is 0 Å². The van der Waals surface area contributed by atoms with Gasteiger partial charge < -0.3 is 4.90 Å². The lowest BCUT2D eigenvalue weighted by Gasteiger charge is -2.22. The van der Waals surface area contributed by atoms with Crippen LogP contribution in [0.15, 0.2) is 54.6 Å². The van der Waals surface area contributed by atoms with E-state index in [2.05, 4.69) is 15.4 Å². The lowest BCUT2D eigenvalue weighted by molar-refractivity contribution is 0.0974. The van der Waals surface area contributed by atoms with Gasteiger partial charge >= 0.3 is 0 Å². The van der Waals surface area contributed by atoms with Crippen LogP contribution in [0.2, 0.25) is 0 Å². The molecule has 3 rings (SSSR count). The van der Waals surface area contributed by atoms with Crippen LogP contribution in [0.3, 0.4) is 0 Å². The monoisotopic (exact) mass is 353 g/mol. The summed E-state index contributed by atoms with van der Waals surface area (Å²) in [5, 5.41) is 12.1. The van der Waals surface area contributed by atoms with Gasteiger partial charge in [-0.2, -0.15) is 4.80 Å². The third-order valence-corrected chi connectivity index (χ3v) is 3.80. The fourth-order valence-electron chi connectivity index (χ4n) is 2.39.